The molecule has 0 amide bonds. The molecule has 1 aromatic carbocycles. The number of rotatable bonds is 0. The topological polar surface area (TPSA) is 69.8 Å². The lowest BCUT2D eigenvalue weighted by Crippen LogP contribution is -2.12. The van der Waals surface area contributed by atoms with E-state index in [2.05, 4.69) is 15.2 Å². The Kier molecular flexibility index (Phi) is 2.18. The number of hydrogen-bond donors (Lipinski definition) is 2. The fourth-order valence-corrected chi connectivity index (χ4v) is 3.50. The lowest BCUT2D eigenvalue weighted by molar-refractivity contribution is 1.05. The van der Waals surface area contributed by atoms with E-state index in [4.69, 9.17) is 28.6 Å². The van der Waals surface area contributed by atoms with Crippen molar-refractivity contribution in [1.82, 2.24) is 19.6 Å². The molecule has 0 spiro atoms. The van der Waals surface area contributed by atoms with E-state index in [0.717, 1.165) is 10.2 Å². The number of hydrogen-bond acceptors (Lipinski definition) is 4. The molecule has 94 valence electrons. The summed E-state index contributed by atoms with van der Waals surface area (Å²) in [5.41, 5.74) is 1.77. The molecule has 5 nitrogen and oxygen atoms in total. The Morgan fingerprint density at radius 1 is 1.26 bits per heavy atom. The average molecular weight is 310 g/mol. The van der Waals surface area contributed by atoms with Gasteiger partial charge in [0.05, 0.1) is 31.8 Å². The van der Waals surface area contributed by atoms with Gasteiger partial charge in [0.15, 0.2) is 10.6 Å². The van der Waals surface area contributed by atoms with Crippen molar-refractivity contribution in [2.45, 2.75) is 0 Å². The quantitative estimate of drug-likeness (QED) is 0.523. The fraction of sp³-hybridized carbons (Fsp3) is 0. The van der Waals surface area contributed by atoms with Gasteiger partial charge < -0.3 is 0 Å². The van der Waals surface area contributed by atoms with Crippen molar-refractivity contribution in [1.29, 1.82) is 5.41 Å². The molecule has 4 aromatic rings. The SMILES string of the molecule is N=c1c2cn[nH]c2nc2sc3cc(Cl)c(Cl)cc3n12. The number of nitrogens with one attached hydrogen (secondary N) is 2. The highest BCUT2D eigenvalue weighted by molar-refractivity contribution is 7.23. The van der Waals surface area contributed by atoms with Crippen LogP contribution in [0.3, 0.4) is 0 Å². The van der Waals surface area contributed by atoms with Crippen LogP contribution in [0.2, 0.25) is 10.0 Å². The van der Waals surface area contributed by atoms with Crippen LogP contribution >= 0.6 is 34.5 Å². The van der Waals surface area contributed by atoms with Gasteiger partial charge in [0.25, 0.3) is 0 Å². The lowest BCUT2D eigenvalue weighted by atomic mass is 10.3. The molecular formula is C11H5Cl2N5S. The molecule has 0 fully saturated rings. The van der Waals surface area contributed by atoms with E-state index in [1.54, 1.807) is 22.7 Å². The molecule has 0 bridgehead atoms. The number of aromatic amines is 1. The minimum absolute atomic E-state index is 0.332. The highest BCUT2D eigenvalue weighted by Gasteiger charge is 2.12. The van der Waals surface area contributed by atoms with Crippen molar-refractivity contribution < 1.29 is 0 Å². The van der Waals surface area contributed by atoms with Crippen LogP contribution in [0, 0.1) is 5.41 Å². The molecule has 3 heterocycles. The van der Waals surface area contributed by atoms with Crippen LogP contribution in [0.1, 0.15) is 0 Å². The Morgan fingerprint density at radius 2 is 2.05 bits per heavy atom. The normalized spacial score (nSPS) is 11.9. The minimum atomic E-state index is 0.332. The fourth-order valence-electron chi connectivity index (χ4n) is 2.06. The summed E-state index contributed by atoms with van der Waals surface area (Å²) in [4.78, 5) is 5.16. The summed E-state index contributed by atoms with van der Waals surface area (Å²) in [6, 6.07) is 3.55. The summed E-state index contributed by atoms with van der Waals surface area (Å²) in [6.45, 7) is 0. The van der Waals surface area contributed by atoms with Gasteiger partial charge in [0.2, 0.25) is 0 Å². The number of fused-ring (bicyclic) bond motifs is 4. The molecule has 0 aliphatic rings. The molecule has 0 aliphatic carbocycles. The molecule has 19 heavy (non-hydrogen) atoms. The summed E-state index contributed by atoms with van der Waals surface area (Å²) < 4.78 is 2.69. The standard InChI is InChI=1S/C11H5Cl2N5S/c12-5-1-7-8(2-6(5)13)19-11-16-10-4(3-15-17-10)9(14)18(7)11/h1-3,14H,(H,15,17). The molecule has 0 atom stereocenters. The van der Waals surface area contributed by atoms with E-state index >= 15 is 0 Å². The van der Waals surface area contributed by atoms with E-state index in [9.17, 15) is 0 Å². The highest BCUT2D eigenvalue weighted by atomic mass is 35.5. The first-order valence-corrected chi connectivity index (χ1v) is 6.90. The van der Waals surface area contributed by atoms with Crippen molar-refractivity contribution >= 4 is 60.7 Å². The van der Waals surface area contributed by atoms with Crippen LogP contribution in [-0.2, 0) is 0 Å². The molecule has 4 rings (SSSR count). The summed E-state index contributed by atoms with van der Waals surface area (Å²) >= 11 is 13.5. The number of benzene rings is 1. The zero-order chi connectivity index (χ0) is 13.1. The van der Waals surface area contributed by atoms with E-state index in [0.29, 0.717) is 31.5 Å². The highest BCUT2D eigenvalue weighted by Crippen LogP contribution is 2.32. The van der Waals surface area contributed by atoms with E-state index < -0.39 is 0 Å². The van der Waals surface area contributed by atoms with E-state index in [-0.39, 0.29) is 0 Å². The summed E-state index contributed by atoms with van der Waals surface area (Å²) in [5.74, 6) is 0. The first kappa shape index (κ1) is 11.2. The van der Waals surface area contributed by atoms with Gasteiger partial charge in [0.1, 0.15) is 5.49 Å². The van der Waals surface area contributed by atoms with Gasteiger partial charge in [-0.3, -0.25) is 14.9 Å². The Morgan fingerprint density at radius 3 is 2.89 bits per heavy atom. The lowest BCUT2D eigenvalue weighted by Gasteiger charge is -1.98. The van der Waals surface area contributed by atoms with Crippen molar-refractivity contribution in [2.24, 2.45) is 0 Å². The van der Waals surface area contributed by atoms with Crippen LogP contribution in [0.25, 0.3) is 26.2 Å². The molecule has 2 N–H and O–H groups in total. The number of aromatic nitrogens is 4. The molecule has 3 aromatic heterocycles. The van der Waals surface area contributed by atoms with Gasteiger partial charge in [-0.05, 0) is 12.1 Å². The third-order valence-electron chi connectivity index (χ3n) is 2.94. The van der Waals surface area contributed by atoms with Gasteiger partial charge in [-0.2, -0.15) is 5.10 Å². The van der Waals surface area contributed by atoms with Gasteiger partial charge in [-0.25, -0.2) is 4.98 Å². The second-order valence-electron chi connectivity index (χ2n) is 4.05. The summed E-state index contributed by atoms with van der Waals surface area (Å²) in [7, 11) is 0. The Hall–Kier alpha value is -1.63. The van der Waals surface area contributed by atoms with Crippen LogP contribution in [0.5, 0.6) is 0 Å². The van der Waals surface area contributed by atoms with Gasteiger partial charge in [0, 0.05) is 0 Å². The minimum Gasteiger partial charge on any atom is -0.283 e. The third kappa shape index (κ3) is 1.44. The molecule has 8 heteroatoms. The van der Waals surface area contributed by atoms with Crippen LogP contribution in [0.4, 0.5) is 0 Å². The number of halogens is 2. The van der Waals surface area contributed by atoms with Crippen LogP contribution < -0.4 is 5.49 Å². The zero-order valence-electron chi connectivity index (χ0n) is 9.24. The number of nitrogens with zero attached hydrogens (tertiary/aromatic N) is 3. The molecular weight excluding hydrogens is 305 g/mol. The second kappa shape index (κ2) is 3.69. The third-order valence-corrected chi connectivity index (χ3v) is 4.67. The monoisotopic (exact) mass is 309 g/mol. The largest absolute Gasteiger partial charge is 0.283 e. The Balaban J connectivity index is 2.34. The maximum Gasteiger partial charge on any atom is 0.198 e. The molecule has 0 radical (unpaired) electrons. The predicted molar refractivity (Wildman–Crippen MR) is 76.1 cm³/mol. The molecule has 0 saturated carbocycles. The van der Waals surface area contributed by atoms with Gasteiger partial charge >= 0.3 is 0 Å². The van der Waals surface area contributed by atoms with Crippen LogP contribution in [-0.4, -0.2) is 19.6 Å². The van der Waals surface area contributed by atoms with Crippen molar-refractivity contribution in [3.8, 4) is 0 Å². The summed E-state index contributed by atoms with van der Waals surface area (Å²) in [5, 5.41) is 16.6. The Bertz CT molecular complexity index is 1010. The maximum absolute atomic E-state index is 8.27. The smallest absolute Gasteiger partial charge is 0.198 e. The van der Waals surface area contributed by atoms with Gasteiger partial charge in [-0.1, -0.05) is 34.5 Å². The van der Waals surface area contributed by atoms with Gasteiger partial charge in [-0.15, -0.1) is 0 Å². The van der Waals surface area contributed by atoms with Crippen molar-refractivity contribution in [2.75, 3.05) is 0 Å². The Labute approximate surface area is 119 Å². The maximum atomic E-state index is 8.27. The zero-order valence-corrected chi connectivity index (χ0v) is 11.6. The van der Waals surface area contributed by atoms with Crippen LogP contribution in [0.15, 0.2) is 18.3 Å². The molecule has 0 unspecified atom stereocenters. The second-order valence-corrected chi connectivity index (χ2v) is 5.87. The number of thiazole rings is 1. The molecule has 0 saturated heterocycles. The summed E-state index contributed by atoms with van der Waals surface area (Å²) in [6.07, 6.45) is 1.60. The van der Waals surface area contributed by atoms with Crippen molar-refractivity contribution in [3.63, 3.8) is 0 Å². The number of H-pyrrole nitrogens is 1. The first-order chi connectivity index (χ1) is 9.15. The average Bonchev–Trinajstić information content (AvgIpc) is 2.95. The predicted octanol–water partition coefficient (Wildman–Crippen LogP) is 3.21. The first-order valence-electron chi connectivity index (χ1n) is 5.33. The van der Waals surface area contributed by atoms with E-state index in [1.165, 1.54) is 11.3 Å². The molecule has 0 aliphatic heterocycles. The van der Waals surface area contributed by atoms with E-state index in [1.807, 2.05) is 0 Å². The van der Waals surface area contributed by atoms with Crippen molar-refractivity contribution in [3.05, 3.63) is 33.9 Å².